The SMILES string of the molecule is CC1(C)[C@@H](N)[C@@H]1c1cc([N+](=O)[O-])ccc1F. The van der Waals surface area contributed by atoms with E-state index in [4.69, 9.17) is 5.73 Å². The maximum Gasteiger partial charge on any atom is 0.269 e. The minimum atomic E-state index is -0.524. The summed E-state index contributed by atoms with van der Waals surface area (Å²) in [5.74, 6) is -0.552. The fraction of sp³-hybridized carbons (Fsp3) is 0.455. The van der Waals surface area contributed by atoms with Gasteiger partial charge in [-0.15, -0.1) is 0 Å². The normalized spacial score (nSPS) is 26.5. The second-order valence-corrected chi connectivity index (χ2v) is 4.79. The van der Waals surface area contributed by atoms with Gasteiger partial charge in [0.05, 0.1) is 4.92 Å². The highest BCUT2D eigenvalue weighted by atomic mass is 19.1. The van der Waals surface area contributed by atoms with E-state index in [-0.39, 0.29) is 23.1 Å². The zero-order chi connectivity index (χ0) is 12.1. The summed E-state index contributed by atoms with van der Waals surface area (Å²) in [6, 6.07) is 3.45. The quantitative estimate of drug-likeness (QED) is 0.618. The second-order valence-electron chi connectivity index (χ2n) is 4.79. The molecule has 1 aliphatic rings. The third-order valence-electron chi connectivity index (χ3n) is 3.44. The maximum absolute atomic E-state index is 13.6. The minimum absolute atomic E-state index is 0.0914. The van der Waals surface area contributed by atoms with Crippen molar-refractivity contribution in [2.24, 2.45) is 11.1 Å². The predicted molar refractivity (Wildman–Crippen MR) is 57.6 cm³/mol. The number of nitro benzene ring substituents is 1. The van der Waals surface area contributed by atoms with Crippen molar-refractivity contribution in [3.05, 3.63) is 39.7 Å². The van der Waals surface area contributed by atoms with Gasteiger partial charge in [-0.05, 0) is 17.0 Å². The van der Waals surface area contributed by atoms with E-state index in [0.29, 0.717) is 5.56 Å². The molecule has 0 amide bonds. The molecule has 16 heavy (non-hydrogen) atoms. The van der Waals surface area contributed by atoms with Crippen LogP contribution in [0.5, 0.6) is 0 Å². The van der Waals surface area contributed by atoms with Gasteiger partial charge in [0.1, 0.15) is 5.82 Å². The summed E-state index contributed by atoms with van der Waals surface area (Å²) in [5.41, 5.74) is 5.91. The van der Waals surface area contributed by atoms with Crippen molar-refractivity contribution in [3.8, 4) is 0 Å². The van der Waals surface area contributed by atoms with E-state index >= 15 is 0 Å². The topological polar surface area (TPSA) is 69.2 Å². The van der Waals surface area contributed by atoms with Crippen molar-refractivity contribution in [2.45, 2.75) is 25.8 Å². The Morgan fingerprint density at radius 2 is 2.06 bits per heavy atom. The number of benzene rings is 1. The van der Waals surface area contributed by atoms with Crippen LogP contribution >= 0.6 is 0 Å². The van der Waals surface area contributed by atoms with Crippen LogP contribution < -0.4 is 5.73 Å². The van der Waals surface area contributed by atoms with Crippen LogP contribution in [0.15, 0.2) is 18.2 Å². The van der Waals surface area contributed by atoms with Gasteiger partial charge in [0, 0.05) is 24.1 Å². The van der Waals surface area contributed by atoms with Gasteiger partial charge in [-0.3, -0.25) is 10.1 Å². The highest BCUT2D eigenvalue weighted by Crippen LogP contribution is 2.58. The average molecular weight is 224 g/mol. The van der Waals surface area contributed by atoms with Gasteiger partial charge in [-0.25, -0.2) is 4.39 Å². The number of rotatable bonds is 2. The Labute approximate surface area is 92.4 Å². The summed E-state index contributed by atoms with van der Waals surface area (Å²) < 4.78 is 13.6. The van der Waals surface area contributed by atoms with E-state index < -0.39 is 10.7 Å². The van der Waals surface area contributed by atoms with Gasteiger partial charge in [-0.1, -0.05) is 13.8 Å². The molecule has 2 rings (SSSR count). The maximum atomic E-state index is 13.6. The van der Waals surface area contributed by atoms with Crippen LogP contribution in [-0.4, -0.2) is 11.0 Å². The summed E-state index contributed by atoms with van der Waals surface area (Å²) >= 11 is 0. The Kier molecular flexibility index (Phi) is 2.24. The number of nitrogens with two attached hydrogens (primary N) is 1. The van der Waals surface area contributed by atoms with Crippen LogP contribution in [0.25, 0.3) is 0 Å². The van der Waals surface area contributed by atoms with Gasteiger partial charge >= 0.3 is 0 Å². The third-order valence-corrected chi connectivity index (χ3v) is 3.44. The Morgan fingerprint density at radius 1 is 1.50 bits per heavy atom. The average Bonchev–Trinajstić information content (AvgIpc) is 2.67. The Balaban J connectivity index is 2.42. The molecule has 0 bridgehead atoms. The van der Waals surface area contributed by atoms with Crippen molar-refractivity contribution in [1.82, 2.24) is 0 Å². The largest absolute Gasteiger partial charge is 0.327 e. The van der Waals surface area contributed by atoms with Crippen LogP contribution in [0.1, 0.15) is 25.3 Å². The van der Waals surface area contributed by atoms with Crippen molar-refractivity contribution >= 4 is 5.69 Å². The Hall–Kier alpha value is -1.49. The molecular weight excluding hydrogens is 211 g/mol. The summed E-state index contributed by atoms with van der Waals surface area (Å²) in [4.78, 5) is 10.1. The number of non-ortho nitro benzene ring substituents is 1. The van der Waals surface area contributed by atoms with Gasteiger partial charge in [0.2, 0.25) is 0 Å². The number of halogens is 1. The predicted octanol–water partition coefficient (Wildman–Crippen LogP) is 2.18. The number of hydrogen-bond acceptors (Lipinski definition) is 3. The van der Waals surface area contributed by atoms with Gasteiger partial charge in [0.25, 0.3) is 5.69 Å². The summed E-state index contributed by atoms with van der Waals surface area (Å²) in [5, 5.41) is 10.6. The van der Waals surface area contributed by atoms with Crippen molar-refractivity contribution in [3.63, 3.8) is 0 Å². The molecule has 86 valence electrons. The molecule has 0 saturated heterocycles. The zero-order valence-electron chi connectivity index (χ0n) is 9.11. The standard InChI is InChI=1S/C11H13FN2O2/c1-11(2)9(10(11)13)7-5-6(14(15)16)3-4-8(7)12/h3-5,9-10H,13H2,1-2H3/t9-,10-/m0/s1. The van der Waals surface area contributed by atoms with Gasteiger partial charge in [-0.2, -0.15) is 0 Å². The number of nitro groups is 1. The molecular formula is C11H13FN2O2. The first kappa shape index (κ1) is 11.0. The molecule has 0 heterocycles. The van der Waals surface area contributed by atoms with E-state index in [1.54, 1.807) is 0 Å². The van der Waals surface area contributed by atoms with Crippen molar-refractivity contribution < 1.29 is 9.31 Å². The third kappa shape index (κ3) is 1.48. The van der Waals surface area contributed by atoms with Crippen molar-refractivity contribution in [1.29, 1.82) is 0 Å². The molecule has 1 fully saturated rings. The molecule has 0 radical (unpaired) electrons. The molecule has 2 atom stereocenters. The molecule has 1 aliphatic carbocycles. The van der Waals surface area contributed by atoms with E-state index in [0.717, 1.165) is 6.07 Å². The van der Waals surface area contributed by atoms with Crippen LogP contribution in [0.3, 0.4) is 0 Å². The molecule has 1 saturated carbocycles. The molecule has 0 spiro atoms. The summed E-state index contributed by atoms with van der Waals surface area (Å²) in [7, 11) is 0. The zero-order valence-corrected chi connectivity index (χ0v) is 9.11. The van der Waals surface area contributed by atoms with Gasteiger partial charge < -0.3 is 5.73 Å². The monoisotopic (exact) mass is 224 g/mol. The summed E-state index contributed by atoms with van der Waals surface area (Å²) in [6.45, 7) is 3.86. The molecule has 5 heteroatoms. The number of hydrogen-bond donors (Lipinski definition) is 1. The van der Waals surface area contributed by atoms with Crippen molar-refractivity contribution in [2.75, 3.05) is 0 Å². The van der Waals surface area contributed by atoms with Crippen LogP contribution in [0.4, 0.5) is 10.1 Å². The van der Waals surface area contributed by atoms with E-state index in [1.807, 2.05) is 13.8 Å². The molecule has 1 aromatic rings. The lowest BCUT2D eigenvalue weighted by Crippen LogP contribution is -2.06. The fourth-order valence-corrected chi connectivity index (χ4v) is 2.15. The second kappa shape index (κ2) is 3.25. The molecule has 0 unspecified atom stereocenters. The highest BCUT2D eigenvalue weighted by molar-refractivity contribution is 5.42. The highest BCUT2D eigenvalue weighted by Gasteiger charge is 2.57. The number of nitrogens with zero attached hydrogens (tertiary/aromatic N) is 1. The smallest absolute Gasteiger partial charge is 0.269 e. The van der Waals surface area contributed by atoms with Gasteiger partial charge in [0.15, 0.2) is 0 Å². The van der Waals surface area contributed by atoms with Crippen LogP contribution in [0, 0.1) is 21.3 Å². The molecule has 0 aromatic heterocycles. The first-order valence-corrected chi connectivity index (χ1v) is 5.05. The first-order valence-electron chi connectivity index (χ1n) is 5.05. The molecule has 4 nitrogen and oxygen atoms in total. The lowest BCUT2D eigenvalue weighted by atomic mass is 10.0. The fourth-order valence-electron chi connectivity index (χ4n) is 2.15. The lowest BCUT2D eigenvalue weighted by molar-refractivity contribution is -0.385. The van der Waals surface area contributed by atoms with Crippen LogP contribution in [-0.2, 0) is 0 Å². The van der Waals surface area contributed by atoms with Crippen LogP contribution in [0.2, 0.25) is 0 Å². The lowest BCUT2D eigenvalue weighted by Gasteiger charge is -2.04. The molecule has 2 N–H and O–H groups in total. The molecule has 1 aromatic carbocycles. The van der Waals surface area contributed by atoms with E-state index in [1.165, 1.54) is 12.1 Å². The Morgan fingerprint density at radius 3 is 2.50 bits per heavy atom. The van der Waals surface area contributed by atoms with E-state index in [2.05, 4.69) is 0 Å². The molecule has 0 aliphatic heterocycles. The minimum Gasteiger partial charge on any atom is -0.327 e. The summed E-state index contributed by atoms with van der Waals surface area (Å²) in [6.07, 6.45) is 0. The first-order chi connectivity index (χ1) is 7.35. The van der Waals surface area contributed by atoms with E-state index in [9.17, 15) is 14.5 Å². The Bertz CT molecular complexity index is 459.